The van der Waals surface area contributed by atoms with E-state index in [4.69, 9.17) is 20.8 Å². The molecule has 2 aliphatic rings. The van der Waals surface area contributed by atoms with Gasteiger partial charge in [0.2, 0.25) is 0 Å². The number of nitroso groups, excluding NO2 is 1. The van der Waals surface area contributed by atoms with Gasteiger partial charge >= 0.3 is 0 Å². The molecule has 0 bridgehead atoms. The summed E-state index contributed by atoms with van der Waals surface area (Å²) in [6.07, 6.45) is 7.38. The molecule has 1 atom stereocenters. The maximum atomic E-state index is 11.2. The van der Waals surface area contributed by atoms with Crippen molar-refractivity contribution >= 4 is 11.6 Å². The van der Waals surface area contributed by atoms with Crippen molar-refractivity contribution in [2.45, 2.75) is 37.6 Å². The molecule has 6 rings (SSSR count). The first-order valence-electron chi connectivity index (χ1n) is 13.3. The largest absolute Gasteiger partial charge is 0.492 e. The van der Waals surface area contributed by atoms with Gasteiger partial charge < -0.3 is 9.15 Å². The Morgan fingerprint density at radius 3 is 2.53 bits per heavy atom. The van der Waals surface area contributed by atoms with E-state index in [1.165, 1.54) is 5.56 Å². The van der Waals surface area contributed by atoms with Gasteiger partial charge in [0.1, 0.15) is 29.9 Å². The number of aryl methyl sites for hydroxylation is 1. The Kier molecular flexibility index (Phi) is 7.25. The average molecular weight is 528 g/mol. The van der Waals surface area contributed by atoms with E-state index in [1.807, 2.05) is 54.9 Å². The van der Waals surface area contributed by atoms with Crippen molar-refractivity contribution in [3.63, 3.8) is 0 Å². The lowest BCUT2D eigenvalue weighted by Gasteiger charge is -2.30. The molecule has 1 saturated heterocycles. The number of hydrogen-bond acceptors (Lipinski definition) is 6. The van der Waals surface area contributed by atoms with Gasteiger partial charge in [-0.05, 0) is 104 Å². The summed E-state index contributed by atoms with van der Waals surface area (Å²) in [6.45, 7) is 3.57. The molecule has 1 fully saturated rings. The molecule has 1 unspecified atom stereocenters. The van der Waals surface area contributed by atoms with Crippen LogP contribution in [0.15, 0.2) is 82.7 Å². The highest BCUT2D eigenvalue weighted by Gasteiger charge is 2.27. The van der Waals surface area contributed by atoms with Crippen LogP contribution in [0.2, 0.25) is 5.02 Å². The maximum absolute atomic E-state index is 11.2. The summed E-state index contributed by atoms with van der Waals surface area (Å²) in [6, 6.07) is 19.9. The monoisotopic (exact) mass is 527 g/mol. The van der Waals surface area contributed by atoms with Crippen LogP contribution >= 0.6 is 11.6 Å². The molecule has 0 N–H and O–H groups in total. The summed E-state index contributed by atoms with van der Waals surface area (Å²) in [5, 5.41) is 4.02. The summed E-state index contributed by atoms with van der Waals surface area (Å²) in [5.74, 6) is 3.14. The fourth-order valence-electron chi connectivity index (χ4n) is 5.68. The normalized spacial score (nSPS) is 17.9. The molecular weight excluding hydrogens is 498 g/mol. The molecule has 1 aliphatic carbocycles. The molecule has 6 nitrogen and oxygen atoms in total. The van der Waals surface area contributed by atoms with Crippen LogP contribution in [-0.2, 0) is 6.42 Å². The third kappa shape index (κ3) is 5.24. The fraction of sp³-hybridized carbons (Fsp3) is 0.323. The molecule has 2 aromatic carbocycles. The van der Waals surface area contributed by atoms with Crippen LogP contribution in [0, 0.1) is 4.91 Å². The van der Waals surface area contributed by atoms with Crippen molar-refractivity contribution in [1.82, 2.24) is 9.88 Å². The first-order chi connectivity index (χ1) is 18.7. The molecular formula is C31H30ClN3O3. The number of halogens is 1. The minimum absolute atomic E-state index is 0.229. The van der Waals surface area contributed by atoms with E-state index in [0.717, 1.165) is 84.8 Å². The Bertz CT molecular complexity index is 1400. The van der Waals surface area contributed by atoms with E-state index >= 15 is 0 Å². The Morgan fingerprint density at radius 1 is 0.974 bits per heavy atom. The minimum Gasteiger partial charge on any atom is -0.492 e. The lowest BCUT2D eigenvalue weighted by Crippen LogP contribution is -2.35. The number of rotatable bonds is 8. The van der Waals surface area contributed by atoms with E-state index < -0.39 is 0 Å². The van der Waals surface area contributed by atoms with Gasteiger partial charge in [-0.15, -0.1) is 0 Å². The van der Waals surface area contributed by atoms with Crippen LogP contribution in [-0.4, -0.2) is 36.1 Å². The van der Waals surface area contributed by atoms with Gasteiger partial charge in [-0.2, -0.15) is 4.91 Å². The maximum Gasteiger partial charge on any atom is 0.142 e. The van der Waals surface area contributed by atoms with Crippen LogP contribution in [0.25, 0.3) is 22.5 Å². The topological polar surface area (TPSA) is 67.9 Å². The van der Waals surface area contributed by atoms with Crippen molar-refractivity contribution in [1.29, 1.82) is 0 Å². The van der Waals surface area contributed by atoms with Gasteiger partial charge in [0, 0.05) is 41.0 Å². The fourth-order valence-corrected chi connectivity index (χ4v) is 5.81. The van der Waals surface area contributed by atoms with Crippen LogP contribution in [0.1, 0.15) is 48.1 Å². The standard InChI is InChI=1S/C31H30ClN3O3/c32-25-3-5-26(6-4-25)37-18-17-35-15-11-22(12-16-35)30-20-28(21-9-13-33-14-10-21)31(38-30)24-1-7-27-23(19-24)2-8-29(27)34-36/h1,3-7,9-10,13-14,19-20,22,29H,2,8,11-12,15-18H2. The lowest BCUT2D eigenvalue weighted by molar-refractivity contribution is 0.168. The first-order valence-corrected chi connectivity index (χ1v) is 13.7. The number of likely N-dealkylation sites (tertiary alicyclic amines) is 1. The smallest absolute Gasteiger partial charge is 0.142 e. The number of furan rings is 1. The Hall–Kier alpha value is -3.48. The van der Waals surface area contributed by atoms with Crippen molar-refractivity contribution in [2.75, 3.05) is 26.2 Å². The average Bonchev–Trinajstić information content (AvgIpc) is 3.59. The third-order valence-electron chi connectivity index (χ3n) is 7.80. The number of pyridine rings is 1. The van der Waals surface area contributed by atoms with E-state index in [-0.39, 0.29) is 6.04 Å². The number of ether oxygens (including phenoxy) is 1. The van der Waals surface area contributed by atoms with Crippen molar-refractivity contribution in [2.24, 2.45) is 5.18 Å². The SMILES string of the molecule is O=NC1CCc2cc(-c3oc(C4CCN(CCOc5ccc(Cl)cc5)CC4)cc3-c3ccncc3)ccc21. The zero-order valence-electron chi connectivity index (χ0n) is 21.2. The Labute approximate surface area is 227 Å². The van der Waals surface area contributed by atoms with Gasteiger partial charge in [0.15, 0.2) is 0 Å². The molecule has 38 heavy (non-hydrogen) atoms. The van der Waals surface area contributed by atoms with Crippen LogP contribution in [0.5, 0.6) is 5.75 Å². The minimum atomic E-state index is -0.229. The highest BCUT2D eigenvalue weighted by Crippen LogP contribution is 2.42. The van der Waals surface area contributed by atoms with Crippen molar-refractivity contribution in [3.05, 3.63) is 99.9 Å². The van der Waals surface area contributed by atoms with Crippen LogP contribution in [0.4, 0.5) is 0 Å². The Morgan fingerprint density at radius 2 is 1.76 bits per heavy atom. The summed E-state index contributed by atoms with van der Waals surface area (Å²) in [7, 11) is 0. The number of fused-ring (bicyclic) bond motifs is 1. The highest BCUT2D eigenvalue weighted by molar-refractivity contribution is 6.30. The number of benzene rings is 2. The predicted molar refractivity (Wildman–Crippen MR) is 150 cm³/mol. The number of piperidine rings is 1. The molecule has 7 heteroatoms. The quantitative estimate of drug-likeness (QED) is 0.220. The second kappa shape index (κ2) is 11.1. The van der Waals surface area contributed by atoms with Crippen molar-refractivity contribution in [3.8, 4) is 28.2 Å². The third-order valence-corrected chi connectivity index (χ3v) is 8.05. The molecule has 3 heterocycles. The predicted octanol–water partition coefficient (Wildman–Crippen LogP) is 7.67. The summed E-state index contributed by atoms with van der Waals surface area (Å²) in [4.78, 5) is 17.9. The van der Waals surface area contributed by atoms with E-state index in [2.05, 4.69) is 33.3 Å². The second-order valence-corrected chi connectivity index (χ2v) is 10.6. The summed E-state index contributed by atoms with van der Waals surface area (Å²) in [5.41, 5.74) is 5.47. The van der Waals surface area contributed by atoms with Gasteiger partial charge in [0.05, 0.1) is 0 Å². The molecule has 194 valence electrons. The van der Waals surface area contributed by atoms with Gasteiger partial charge in [0.25, 0.3) is 0 Å². The number of aromatic nitrogens is 1. The Balaban J connectivity index is 1.17. The van der Waals surface area contributed by atoms with E-state index in [0.29, 0.717) is 17.5 Å². The molecule has 0 radical (unpaired) electrons. The first kappa shape index (κ1) is 24.8. The molecule has 1 aliphatic heterocycles. The number of hydrogen-bond donors (Lipinski definition) is 0. The van der Waals surface area contributed by atoms with Crippen LogP contribution < -0.4 is 4.74 Å². The number of nitrogens with zero attached hydrogens (tertiary/aromatic N) is 3. The summed E-state index contributed by atoms with van der Waals surface area (Å²) < 4.78 is 12.5. The van der Waals surface area contributed by atoms with Gasteiger partial charge in [-0.1, -0.05) is 28.9 Å². The zero-order valence-corrected chi connectivity index (χ0v) is 21.9. The zero-order chi connectivity index (χ0) is 25.9. The van der Waals surface area contributed by atoms with E-state index in [1.54, 1.807) is 0 Å². The van der Waals surface area contributed by atoms with Gasteiger partial charge in [-0.3, -0.25) is 9.88 Å². The van der Waals surface area contributed by atoms with E-state index in [9.17, 15) is 4.91 Å². The second-order valence-electron chi connectivity index (χ2n) is 10.1. The summed E-state index contributed by atoms with van der Waals surface area (Å²) >= 11 is 5.96. The molecule has 0 spiro atoms. The van der Waals surface area contributed by atoms with Crippen molar-refractivity contribution < 1.29 is 9.15 Å². The molecule has 0 saturated carbocycles. The lowest BCUT2D eigenvalue weighted by atomic mass is 9.93. The van der Waals surface area contributed by atoms with Crippen LogP contribution in [0.3, 0.4) is 0 Å². The molecule has 4 aromatic rings. The molecule has 0 amide bonds. The molecule has 2 aromatic heterocycles. The van der Waals surface area contributed by atoms with Gasteiger partial charge in [-0.25, -0.2) is 0 Å². The highest BCUT2D eigenvalue weighted by atomic mass is 35.5.